The first kappa shape index (κ1) is 24.9. The third-order valence-corrected chi connectivity index (χ3v) is 7.17. The summed E-state index contributed by atoms with van der Waals surface area (Å²) >= 11 is 0. The second-order valence-corrected chi connectivity index (χ2v) is 10.1. The molecule has 1 aromatic rings. The largest absolute Gasteiger partial charge is 0.481 e. The van der Waals surface area contributed by atoms with Crippen LogP contribution in [0.25, 0.3) is 0 Å². The second-order valence-electron chi connectivity index (χ2n) is 10.1. The van der Waals surface area contributed by atoms with Gasteiger partial charge in [-0.15, -0.1) is 0 Å². The van der Waals surface area contributed by atoms with Gasteiger partial charge in [-0.2, -0.15) is 0 Å². The van der Waals surface area contributed by atoms with E-state index in [2.05, 4.69) is 12.1 Å². The maximum Gasteiger partial charge on any atom is 0.306 e. The van der Waals surface area contributed by atoms with Gasteiger partial charge in [0.2, 0.25) is 0 Å². The number of carboxylic acids is 1. The molecule has 1 aliphatic carbocycles. The maximum atomic E-state index is 12.7. The fraction of sp³-hybridized carbons (Fsp3) is 0.741. The van der Waals surface area contributed by atoms with Crippen LogP contribution in [0.4, 0.5) is 0 Å². The van der Waals surface area contributed by atoms with Crippen LogP contribution in [0.5, 0.6) is 0 Å². The molecule has 4 atom stereocenters. The third-order valence-electron chi connectivity index (χ3n) is 7.17. The number of ketones is 1. The zero-order valence-corrected chi connectivity index (χ0v) is 20.0. The number of hydrogen-bond donors (Lipinski definition) is 1. The van der Waals surface area contributed by atoms with Gasteiger partial charge in [0, 0.05) is 23.7 Å². The first-order chi connectivity index (χ1) is 15.4. The van der Waals surface area contributed by atoms with E-state index in [0.29, 0.717) is 19.3 Å². The Morgan fingerprint density at radius 1 is 1.03 bits per heavy atom. The number of pyridine rings is 1. The van der Waals surface area contributed by atoms with Crippen molar-refractivity contribution < 1.29 is 19.4 Å². The van der Waals surface area contributed by atoms with Crippen molar-refractivity contribution in [3.8, 4) is 0 Å². The van der Waals surface area contributed by atoms with E-state index >= 15 is 0 Å². The number of fused-ring (bicyclic) bond motifs is 1. The van der Waals surface area contributed by atoms with E-state index in [4.69, 9.17) is 9.72 Å². The number of aliphatic carboxylic acids is 1. The van der Waals surface area contributed by atoms with Gasteiger partial charge in [-0.1, -0.05) is 31.7 Å². The van der Waals surface area contributed by atoms with Crippen LogP contribution in [-0.2, 0) is 33.6 Å². The lowest BCUT2D eigenvalue weighted by atomic mass is 9.84. The summed E-state index contributed by atoms with van der Waals surface area (Å²) in [5, 5.41) is 9.59. The molecule has 2 aliphatic rings. The van der Waals surface area contributed by atoms with Gasteiger partial charge in [0.05, 0.1) is 18.1 Å². The summed E-state index contributed by atoms with van der Waals surface area (Å²) in [6, 6.07) is 4.46. The van der Waals surface area contributed by atoms with E-state index in [1.165, 1.54) is 36.2 Å². The average molecular weight is 444 g/mol. The molecule has 32 heavy (non-hydrogen) atoms. The number of carboxylic acid groups (broad SMARTS) is 1. The SMILES string of the molecule is C[C@@H]1CC(C(=O)C[C@@H](CCCCCCCc2ccc3c(n2)CCCC3)C(=O)O)C[C@H](C)O1. The quantitative estimate of drug-likeness (QED) is 0.419. The van der Waals surface area contributed by atoms with E-state index < -0.39 is 11.9 Å². The molecule has 5 nitrogen and oxygen atoms in total. The molecule has 0 radical (unpaired) electrons. The van der Waals surface area contributed by atoms with Gasteiger partial charge in [0.25, 0.3) is 0 Å². The van der Waals surface area contributed by atoms with Crippen LogP contribution in [0.15, 0.2) is 12.1 Å². The number of rotatable bonds is 12. The molecule has 1 aromatic heterocycles. The van der Waals surface area contributed by atoms with Crippen molar-refractivity contribution in [2.75, 3.05) is 0 Å². The highest BCUT2D eigenvalue weighted by atomic mass is 16.5. The molecule has 0 spiro atoms. The smallest absolute Gasteiger partial charge is 0.306 e. The minimum absolute atomic E-state index is 0.0483. The summed E-state index contributed by atoms with van der Waals surface area (Å²) in [6.07, 6.45) is 13.5. The molecule has 178 valence electrons. The van der Waals surface area contributed by atoms with Gasteiger partial charge >= 0.3 is 5.97 Å². The van der Waals surface area contributed by atoms with Crippen molar-refractivity contribution in [2.45, 2.75) is 116 Å². The summed E-state index contributed by atoms with van der Waals surface area (Å²) in [4.78, 5) is 29.2. The van der Waals surface area contributed by atoms with Gasteiger partial charge in [-0.05, 0) is 83.3 Å². The third kappa shape index (κ3) is 7.68. The van der Waals surface area contributed by atoms with Gasteiger partial charge in [-0.25, -0.2) is 0 Å². The minimum atomic E-state index is -0.829. The molecule has 1 N–H and O–H groups in total. The predicted octanol–water partition coefficient (Wildman–Crippen LogP) is 5.71. The molecule has 1 saturated heterocycles. The Hall–Kier alpha value is -1.75. The van der Waals surface area contributed by atoms with Crippen LogP contribution in [-0.4, -0.2) is 34.1 Å². The number of hydrogen-bond acceptors (Lipinski definition) is 4. The summed E-state index contributed by atoms with van der Waals surface area (Å²) < 4.78 is 5.71. The molecular formula is C27H41NO4. The molecule has 0 aromatic carbocycles. The number of aromatic nitrogens is 1. The number of aryl methyl sites for hydroxylation is 3. The molecular weight excluding hydrogens is 402 g/mol. The topological polar surface area (TPSA) is 76.5 Å². The zero-order chi connectivity index (χ0) is 22.9. The fourth-order valence-electron chi connectivity index (χ4n) is 5.38. The molecule has 1 fully saturated rings. The molecule has 1 aliphatic heterocycles. The average Bonchev–Trinajstić information content (AvgIpc) is 2.76. The van der Waals surface area contributed by atoms with Crippen LogP contribution in [0.3, 0.4) is 0 Å². The minimum Gasteiger partial charge on any atom is -0.481 e. The Bertz CT molecular complexity index is 752. The van der Waals surface area contributed by atoms with Crippen LogP contribution in [0.1, 0.15) is 101 Å². The Morgan fingerprint density at radius 3 is 2.47 bits per heavy atom. The number of unbranched alkanes of at least 4 members (excludes halogenated alkanes) is 4. The first-order valence-corrected chi connectivity index (χ1v) is 12.8. The van der Waals surface area contributed by atoms with Gasteiger partial charge in [0.1, 0.15) is 5.78 Å². The number of ether oxygens (including phenoxy) is 1. The lowest BCUT2D eigenvalue weighted by Gasteiger charge is -2.31. The fourth-order valence-corrected chi connectivity index (χ4v) is 5.38. The predicted molar refractivity (Wildman–Crippen MR) is 126 cm³/mol. The van der Waals surface area contributed by atoms with Crippen LogP contribution < -0.4 is 0 Å². The second kappa shape index (κ2) is 12.5. The van der Waals surface area contributed by atoms with Crippen molar-refractivity contribution in [1.82, 2.24) is 4.98 Å². The lowest BCUT2D eigenvalue weighted by molar-refractivity contribution is -0.145. The molecule has 5 heteroatoms. The van der Waals surface area contributed by atoms with Gasteiger partial charge < -0.3 is 9.84 Å². The monoisotopic (exact) mass is 443 g/mol. The lowest BCUT2D eigenvalue weighted by Crippen LogP contribution is -2.34. The van der Waals surface area contributed by atoms with Crippen LogP contribution in [0.2, 0.25) is 0 Å². The standard InChI is InChI=1S/C27H41NO4/c1-19-16-23(17-20(2)32-19)26(29)18-22(27(30)31)11-6-4-3-5-7-12-24-15-14-21-10-8-9-13-25(21)28-24/h14-15,19-20,22-23H,3-13,16-18H2,1-2H3,(H,30,31)/t19-,20+,22-,23?/m1/s1. The molecule has 1 unspecified atom stereocenters. The molecule has 0 bridgehead atoms. The number of Topliss-reactive ketones (excluding diaryl/α,β-unsaturated/α-hetero) is 1. The van der Waals surface area contributed by atoms with E-state index in [1.54, 1.807) is 0 Å². The van der Waals surface area contributed by atoms with Crippen molar-refractivity contribution in [1.29, 1.82) is 0 Å². The van der Waals surface area contributed by atoms with Crippen LogP contribution >= 0.6 is 0 Å². The van der Waals surface area contributed by atoms with E-state index in [-0.39, 0.29) is 30.3 Å². The van der Waals surface area contributed by atoms with Crippen molar-refractivity contribution >= 4 is 11.8 Å². The van der Waals surface area contributed by atoms with E-state index in [9.17, 15) is 14.7 Å². The van der Waals surface area contributed by atoms with E-state index in [1.807, 2.05) is 13.8 Å². The normalized spacial score (nSPS) is 24.0. The van der Waals surface area contributed by atoms with Crippen molar-refractivity contribution in [2.24, 2.45) is 11.8 Å². The Labute approximate surface area is 193 Å². The summed E-state index contributed by atoms with van der Waals surface area (Å²) in [6.45, 7) is 3.98. The highest BCUT2D eigenvalue weighted by Crippen LogP contribution is 2.28. The number of carbonyl (C=O) groups excluding carboxylic acids is 1. The zero-order valence-electron chi connectivity index (χ0n) is 20.0. The van der Waals surface area contributed by atoms with Crippen molar-refractivity contribution in [3.05, 3.63) is 29.1 Å². The summed E-state index contributed by atoms with van der Waals surface area (Å²) in [7, 11) is 0. The van der Waals surface area contributed by atoms with Gasteiger partial charge in [-0.3, -0.25) is 14.6 Å². The highest BCUT2D eigenvalue weighted by molar-refractivity contribution is 5.85. The Kier molecular flexibility index (Phi) is 9.70. The molecule has 2 heterocycles. The molecule has 3 rings (SSSR count). The summed E-state index contributed by atoms with van der Waals surface area (Å²) in [5.41, 5.74) is 3.96. The number of nitrogens with zero attached hydrogens (tertiary/aromatic N) is 1. The number of carbonyl (C=O) groups is 2. The maximum absolute atomic E-state index is 12.7. The molecule has 0 saturated carbocycles. The summed E-state index contributed by atoms with van der Waals surface area (Å²) in [5.74, 6) is -1.31. The van der Waals surface area contributed by atoms with Crippen molar-refractivity contribution in [3.63, 3.8) is 0 Å². The van der Waals surface area contributed by atoms with E-state index in [0.717, 1.165) is 44.9 Å². The Balaban J connectivity index is 1.31. The first-order valence-electron chi connectivity index (χ1n) is 12.8. The van der Waals surface area contributed by atoms with Crippen LogP contribution in [0, 0.1) is 11.8 Å². The molecule has 0 amide bonds. The highest BCUT2D eigenvalue weighted by Gasteiger charge is 2.32. The Morgan fingerprint density at radius 2 is 1.72 bits per heavy atom. The van der Waals surface area contributed by atoms with Gasteiger partial charge in [0.15, 0.2) is 0 Å².